The topological polar surface area (TPSA) is 0 Å². The van der Waals surface area contributed by atoms with Crippen LogP contribution < -0.4 is 0 Å². The molecule has 5 fully saturated rings. The summed E-state index contributed by atoms with van der Waals surface area (Å²) in [5.41, 5.74) is 0.728. The van der Waals surface area contributed by atoms with Gasteiger partial charge in [0.15, 0.2) is 0 Å². The van der Waals surface area contributed by atoms with Gasteiger partial charge in [-0.15, -0.1) is 0 Å². The normalized spacial score (nSPS) is 47.7. The minimum absolute atomic E-state index is 0.728. The van der Waals surface area contributed by atoms with Crippen molar-refractivity contribution < 1.29 is 0 Å². The van der Waals surface area contributed by atoms with Gasteiger partial charge in [-0.3, -0.25) is 0 Å². The highest BCUT2D eigenvalue weighted by molar-refractivity contribution is 5.07. The van der Waals surface area contributed by atoms with Gasteiger partial charge in [0.2, 0.25) is 0 Å². The lowest BCUT2D eigenvalue weighted by molar-refractivity contribution is -0.0359. The average Bonchev–Trinajstić information content (AvgIpc) is 2.36. The highest BCUT2D eigenvalue weighted by atomic mass is 14.6. The van der Waals surface area contributed by atoms with Crippen molar-refractivity contribution in [2.24, 2.45) is 29.1 Å². The summed E-state index contributed by atoms with van der Waals surface area (Å²) >= 11 is 0. The van der Waals surface area contributed by atoms with Gasteiger partial charge in [0.1, 0.15) is 0 Å². The van der Waals surface area contributed by atoms with Crippen molar-refractivity contribution in [3.8, 4) is 0 Å². The third-order valence-electron chi connectivity index (χ3n) is 6.69. The van der Waals surface area contributed by atoms with E-state index in [0.29, 0.717) is 0 Å². The van der Waals surface area contributed by atoms with Gasteiger partial charge in [-0.05, 0) is 80.5 Å². The van der Waals surface area contributed by atoms with Gasteiger partial charge in [0.05, 0.1) is 0 Å². The van der Waals surface area contributed by atoms with Gasteiger partial charge >= 0.3 is 0 Å². The Bertz CT molecular complexity index is 262. The van der Waals surface area contributed by atoms with Crippen molar-refractivity contribution in [1.29, 1.82) is 0 Å². The summed E-state index contributed by atoms with van der Waals surface area (Å²) in [4.78, 5) is 0. The molecule has 0 aromatic heterocycles. The van der Waals surface area contributed by atoms with Crippen molar-refractivity contribution in [2.45, 2.75) is 77.0 Å². The van der Waals surface area contributed by atoms with Gasteiger partial charge in [0.25, 0.3) is 0 Å². The van der Waals surface area contributed by atoms with E-state index >= 15 is 0 Å². The Morgan fingerprint density at radius 1 is 0.778 bits per heavy atom. The molecule has 101 valence electrons. The Morgan fingerprint density at radius 3 is 1.89 bits per heavy atom. The van der Waals surface area contributed by atoms with Crippen LogP contribution in [0, 0.1) is 35.5 Å². The Labute approximate surface area is 113 Å². The van der Waals surface area contributed by atoms with E-state index in [1.807, 2.05) is 0 Å². The number of hydrogen-bond donors (Lipinski definition) is 0. The van der Waals surface area contributed by atoms with Crippen LogP contribution in [-0.4, -0.2) is 0 Å². The highest BCUT2D eigenvalue weighted by Gasteiger charge is 2.50. The molecular formula is C18H29. The summed E-state index contributed by atoms with van der Waals surface area (Å²) in [6, 6.07) is 0. The van der Waals surface area contributed by atoms with Crippen molar-refractivity contribution in [3.05, 3.63) is 6.42 Å². The zero-order valence-electron chi connectivity index (χ0n) is 11.9. The Kier molecular flexibility index (Phi) is 2.97. The molecule has 0 unspecified atom stereocenters. The quantitative estimate of drug-likeness (QED) is 0.626. The van der Waals surface area contributed by atoms with Crippen molar-refractivity contribution >= 4 is 0 Å². The molecule has 1 radical (unpaired) electrons. The first-order valence-electron chi connectivity index (χ1n) is 8.66. The molecule has 0 aromatic rings. The lowest BCUT2D eigenvalue weighted by Gasteiger charge is -2.57. The van der Waals surface area contributed by atoms with Gasteiger partial charge in [-0.2, -0.15) is 0 Å². The predicted molar refractivity (Wildman–Crippen MR) is 76.1 cm³/mol. The lowest BCUT2D eigenvalue weighted by Crippen LogP contribution is -2.46. The van der Waals surface area contributed by atoms with Crippen molar-refractivity contribution in [3.63, 3.8) is 0 Å². The third-order valence-corrected chi connectivity index (χ3v) is 6.69. The van der Waals surface area contributed by atoms with E-state index in [9.17, 15) is 0 Å². The number of hydrogen-bond acceptors (Lipinski definition) is 0. The fraction of sp³-hybridized carbons (Fsp3) is 0.944. The summed E-state index contributed by atoms with van der Waals surface area (Å²) in [5, 5.41) is 0. The summed E-state index contributed by atoms with van der Waals surface area (Å²) in [6.45, 7) is 0. The fourth-order valence-corrected chi connectivity index (χ4v) is 6.27. The number of rotatable bonds is 3. The molecular weight excluding hydrogens is 216 g/mol. The van der Waals surface area contributed by atoms with Gasteiger partial charge in [-0.1, -0.05) is 32.1 Å². The van der Waals surface area contributed by atoms with E-state index in [2.05, 4.69) is 6.42 Å². The minimum Gasteiger partial charge on any atom is -0.0533 e. The lowest BCUT2D eigenvalue weighted by atomic mass is 9.48. The summed E-state index contributed by atoms with van der Waals surface area (Å²) in [5.74, 6) is 4.43. The minimum atomic E-state index is 0.728. The highest BCUT2D eigenvalue weighted by Crippen LogP contribution is 2.61. The van der Waals surface area contributed by atoms with Crippen LogP contribution in [-0.2, 0) is 0 Å². The molecule has 0 spiro atoms. The second-order valence-electron chi connectivity index (χ2n) is 8.22. The molecule has 5 aliphatic carbocycles. The smallest absolute Gasteiger partial charge is 0.0258 e. The summed E-state index contributed by atoms with van der Waals surface area (Å²) in [7, 11) is 0. The van der Waals surface area contributed by atoms with Crippen LogP contribution in [0.3, 0.4) is 0 Å². The SMILES string of the molecule is [CH](CC1CCCCC1)C12CC3CC(CC(C3)C1)C2. The predicted octanol–water partition coefficient (Wildman–Crippen LogP) is 5.38. The van der Waals surface area contributed by atoms with Crippen LogP contribution in [0.5, 0.6) is 0 Å². The zero-order chi connectivity index (χ0) is 12.0. The molecule has 5 saturated carbocycles. The maximum atomic E-state index is 2.85. The first kappa shape index (κ1) is 11.8. The molecule has 0 aromatic carbocycles. The summed E-state index contributed by atoms with van der Waals surface area (Å²) < 4.78 is 0. The Morgan fingerprint density at radius 2 is 1.33 bits per heavy atom. The maximum absolute atomic E-state index is 2.85. The second-order valence-corrected chi connectivity index (χ2v) is 8.22. The van der Waals surface area contributed by atoms with E-state index in [1.54, 1.807) is 38.5 Å². The monoisotopic (exact) mass is 245 g/mol. The van der Waals surface area contributed by atoms with Crippen molar-refractivity contribution in [2.75, 3.05) is 0 Å². The molecule has 0 saturated heterocycles. The molecule has 0 nitrogen and oxygen atoms in total. The van der Waals surface area contributed by atoms with E-state index in [4.69, 9.17) is 0 Å². The first-order valence-corrected chi connectivity index (χ1v) is 8.66. The van der Waals surface area contributed by atoms with Crippen LogP contribution in [0.2, 0.25) is 0 Å². The van der Waals surface area contributed by atoms with Crippen LogP contribution in [0.1, 0.15) is 77.0 Å². The van der Waals surface area contributed by atoms with Crippen molar-refractivity contribution in [1.82, 2.24) is 0 Å². The molecule has 5 aliphatic rings. The molecule has 18 heavy (non-hydrogen) atoms. The molecule has 0 heterocycles. The molecule has 0 atom stereocenters. The van der Waals surface area contributed by atoms with Gasteiger partial charge < -0.3 is 0 Å². The van der Waals surface area contributed by atoms with Crippen LogP contribution in [0.15, 0.2) is 0 Å². The zero-order valence-corrected chi connectivity index (χ0v) is 11.9. The largest absolute Gasteiger partial charge is 0.0533 e. The van der Waals surface area contributed by atoms with Crippen LogP contribution in [0.4, 0.5) is 0 Å². The van der Waals surface area contributed by atoms with E-state index in [0.717, 1.165) is 29.1 Å². The van der Waals surface area contributed by atoms with E-state index in [-0.39, 0.29) is 0 Å². The van der Waals surface area contributed by atoms with Gasteiger partial charge in [0, 0.05) is 0 Å². The molecule has 0 aliphatic heterocycles. The summed E-state index contributed by atoms with van der Waals surface area (Å²) in [6.07, 6.45) is 21.4. The average molecular weight is 245 g/mol. The Balaban J connectivity index is 1.38. The van der Waals surface area contributed by atoms with Crippen LogP contribution in [0.25, 0.3) is 0 Å². The van der Waals surface area contributed by atoms with Crippen LogP contribution >= 0.6 is 0 Å². The first-order chi connectivity index (χ1) is 8.81. The van der Waals surface area contributed by atoms with Gasteiger partial charge in [-0.25, -0.2) is 0 Å². The molecule has 0 heteroatoms. The molecule has 4 bridgehead atoms. The third kappa shape index (κ3) is 2.14. The Hall–Kier alpha value is 0. The molecule has 0 N–H and O–H groups in total. The maximum Gasteiger partial charge on any atom is -0.0258 e. The molecule has 0 amide bonds. The molecule has 5 rings (SSSR count). The standard InChI is InChI=1S/C18H29/c1-2-4-14(5-3-1)6-7-18-11-15-8-16(12-18)10-17(9-15)13-18/h7,14-17H,1-6,8-13H2. The fourth-order valence-electron chi connectivity index (χ4n) is 6.27. The van der Waals surface area contributed by atoms with E-state index < -0.39 is 0 Å². The van der Waals surface area contributed by atoms with E-state index in [1.165, 1.54) is 38.5 Å². The second kappa shape index (κ2) is 4.53.